The minimum absolute atomic E-state index is 0.0369. The Balaban J connectivity index is 1.50. The molecule has 0 saturated carbocycles. The maximum Gasteiger partial charge on any atom is 0.405 e. The summed E-state index contributed by atoms with van der Waals surface area (Å²) in [5.41, 5.74) is 7.64. The van der Waals surface area contributed by atoms with Crippen LogP contribution in [0, 0.1) is 0 Å². The number of fused-ring (bicyclic) bond motifs is 1. The number of ether oxygens (including phenoxy) is 2. The summed E-state index contributed by atoms with van der Waals surface area (Å²) in [4.78, 5) is 48.9. The van der Waals surface area contributed by atoms with Gasteiger partial charge in [0, 0.05) is 39.6 Å². The summed E-state index contributed by atoms with van der Waals surface area (Å²) in [5, 5.41) is 14.2. The van der Waals surface area contributed by atoms with Crippen LogP contribution in [0.2, 0.25) is 0 Å². The number of hydrogen-bond donors (Lipinski definition) is 4. The maximum absolute atomic E-state index is 13.1. The molecule has 1 atom stereocenters. The molecule has 3 amide bonds. The fraction of sp³-hybridized carbons (Fsp3) is 0.385. The molecule has 2 heterocycles. The van der Waals surface area contributed by atoms with Gasteiger partial charge in [-0.2, -0.15) is 0 Å². The van der Waals surface area contributed by atoms with Gasteiger partial charge in [0.1, 0.15) is 11.6 Å². The van der Waals surface area contributed by atoms with Gasteiger partial charge in [-0.05, 0) is 28.8 Å². The number of carbonyl (C=O) groups excluding carboxylic acids is 2. The Morgan fingerprint density at radius 2 is 1.84 bits per heavy atom. The van der Waals surface area contributed by atoms with E-state index in [9.17, 15) is 24.3 Å². The molecule has 1 fully saturated rings. The Bertz CT molecular complexity index is 1380. The first kappa shape index (κ1) is 27.3. The molecule has 0 spiro atoms. The molecule has 1 aliphatic rings. The summed E-state index contributed by atoms with van der Waals surface area (Å²) in [6, 6.07) is 12.3. The SMILES string of the molecule is COCCn1c(=O)sc2ccc(-c3ccc(CC(NC(=O)C4(NC(=O)O)CCOCC4)C(N)=O)cc3)cc21. The van der Waals surface area contributed by atoms with Gasteiger partial charge in [-0.1, -0.05) is 41.7 Å². The summed E-state index contributed by atoms with van der Waals surface area (Å²) in [6.07, 6.45) is -0.885. The van der Waals surface area contributed by atoms with Crippen molar-refractivity contribution >= 4 is 39.5 Å². The number of methoxy groups -OCH3 is 1. The van der Waals surface area contributed by atoms with Gasteiger partial charge >= 0.3 is 11.0 Å². The number of carbonyl (C=O) groups is 3. The summed E-state index contributed by atoms with van der Waals surface area (Å²) >= 11 is 1.19. The van der Waals surface area contributed by atoms with Crippen LogP contribution < -0.4 is 21.2 Å². The van der Waals surface area contributed by atoms with Gasteiger partial charge in [-0.25, -0.2) is 4.79 Å². The Kier molecular flexibility index (Phi) is 8.45. The molecule has 1 aromatic heterocycles. The quantitative estimate of drug-likeness (QED) is 0.303. The van der Waals surface area contributed by atoms with Crippen molar-refractivity contribution in [3.05, 3.63) is 57.7 Å². The van der Waals surface area contributed by atoms with E-state index < -0.39 is 29.5 Å². The highest BCUT2D eigenvalue weighted by Crippen LogP contribution is 2.27. The fourth-order valence-corrected chi connectivity index (χ4v) is 5.46. The van der Waals surface area contributed by atoms with E-state index in [4.69, 9.17) is 15.2 Å². The minimum Gasteiger partial charge on any atom is -0.465 e. The van der Waals surface area contributed by atoms with Crippen LogP contribution >= 0.6 is 11.3 Å². The zero-order valence-corrected chi connectivity index (χ0v) is 21.7. The fourth-order valence-electron chi connectivity index (χ4n) is 4.56. The monoisotopic (exact) mass is 542 g/mol. The van der Waals surface area contributed by atoms with Crippen molar-refractivity contribution in [1.29, 1.82) is 0 Å². The largest absolute Gasteiger partial charge is 0.465 e. The highest BCUT2D eigenvalue weighted by atomic mass is 32.1. The third kappa shape index (κ3) is 6.04. The van der Waals surface area contributed by atoms with E-state index in [2.05, 4.69) is 10.6 Å². The molecule has 1 saturated heterocycles. The van der Waals surface area contributed by atoms with Crippen LogP contribution in [-0.2, 0) is 32.0 Å². The second kappa shape index (κ2) is 11.8. The molecule has 11 nitrogen and oxygen atoms in total. The molecule has 12 heteroatoms. The second-order valence-corrected chi connectivity index (χ2v) is 10.1. The number of hydrogen-bond acceptors (Lipinski definition) is 7. The average Bonchev–Trinajstić information content (AvgIpc) is 3.21. The topological polar surface area (TPSA) is 162 Å². The molecule has 3 aromatic rings. The van der Waals surface area contributed by atoms with Gasteiger partial charge < -0.3 is 30.9 Å². The van der Waals surface area contributed by atoms with Crippen molar-refractivity contribution in [2.45, 2.75) is 37.4 Å². The zero-order chi connectivity index (χ0) is 27.3. The summed E-state index contributed by atoms with van der Waals surface area (Å²) in [6.45, 7) is 1.34. The molecule has 5 N–H and O–H groups in total. The molecule has 0 bridgehead atoms. The number of rotatable bonds is 10. The third-order valence-electron chi connectivity index (χ3n) is 6.69. The molecular weight excluding hydrogens is 512 g/mol. The second-order valence-electron chi connectivity index (χ2n) is 9.15. The Morgan fingerprint density at radius 3 is 2.47 bits per heavy atom. The first-order chi connectivity index (χ1) is 18.2. The Labute approximate surface area is 222 Å². The highest BCUT2D eigenvalue weighted by molar-refractivity contribution is 7.16. The van der Waals surface area contributed by atoms with Crippen molar-refractivity contribution in [3.63, 3.8) is 0 Å². The van der Waals surface area contributed by atoms with Gasteiger partial charge in [0.2, 0.25) is 11.8 Å². The summed E-state index contributed by atoms with van der Waals surface area (Å²) < 4.78 is 13.0. The number of benzene rings is 2. The Morgan fingerprint density at radius 1 is 1.16 bits per heavy atom. The molecule has 1 unspecified atom stereocenters. The standard InChI is InChI=1S/C26H30N4O7S/c1-36-13-10-30-20-15-18(6-7-21(20)38-25(30)35)17-4-2-16(3-5-17)14-19(22(27)31)28-23(32)26(29-24(33)34)8-11-37-12-9-26/h2-7,15,19,29H,8-14H2,1H3,(H2,27,31)(H,28,32)(H,33,34). The molecule has 4 rings (SSSR count). The van der Waals surface area contributed by atoms with Gasteiger partial charge in [0.05, 0.1) is 23.4 Å². The molecule has 0 radical (unpaired) electrons. The number of aromatic nitrogens is 1. The van der Waals surface area contributed by atoms with E-state index in [0.29, 0.717) is 13.2 Å². The molecule has 0 aliphatic carbocycles. The molecule has 1 aliphatic heterocycles. The molecular formula is C26H30N4O7S. The van der Waals surface area contributed by atoms with Gasteiger partial charge in [-0.15, -0.1) is 0 Å². The first-order valence-corrected chi connectivity index (χ1v) is 12.9. The van der Waals surface area contributed by atoms with Crippen LogP contribution in [0.15, 0.2) is 47.3 Å². The van der Waals surface area contributed by atoms with Crippen molar-refractivity contribution in [2.24, 2.45) is 5.73 Å². The lowest BCUT2D eigenvalue weighted by atomic mass is 9.88. The lowest BCUT2D eigenvalue weighted by Crippen LogP contribution is -2.63. The first-order valence-electron chi connectivity index (χ1n) is 12.1. The van der Waals surface area contributed by atoms with Crippen LogP contribution in [0.4, 0.5) is 4.79 Å². The zero-order valence-electron chi connectivity index (χ0n) is 20.9. The van der Waals surface area contributed by atoms with Crippen LogP contribution in [0.3, 0.4) is 0 Å². The molecule has 38 heavy (non-hydrogen) atoms. The van der Waals surface area contributed by atoms with Crippen molar-refractivity contribution in [3.8, 4) is 11.1 Å². The predicted octanol–water partition coefficient (Wildman–Crippen LogP) is 1.71. The van der Waals surface area contributed by atoms with E-state index in [-0.39, 0.29) is 37.3 Å². The lowest BCUT2D eigenvalue weighted by molar-refractivity contribution is -0.134. The lowest BCUT2D eigenvalue weighted by Gasteiger charge is -2.36. The number of primary amides is 1. The normalized spacial score (nSPS) is 15.6. The Hall–Kier alpha value is -3.74. The molecule has 202 valence electrons. The minimum atomic E-state index is -1.38. The van der Waals surface area contributed by atoms with E-state index in [1.54, 1.807) is 11.7 Å². The summed E-state index contributed by atoms with van der Waals surface area (Å²) in [5.74, 6) is -1.33. The van der Waals surface area contributed by atoms with Crippen molar-refractivity contribution in [1.82, 2.24) is 15.2 Å². The van der Waals surface area contributed by atoms with E-state index in [0.717, 1.165) is 26.9 Å². The highest BCUT2D eigenvalue weighted by Gasteiger charge is 2.42. The van der Waals surface area contributed by atoms with Gasteiger partial charge in [0.25, 0.3) is 0 Å². The van der Waals surface area contributed by atoms with Crippen molar-refractivity contribution in [2.75, 3.05) is 26.9 Å². The van der Waals surface area contributed by atoms with Gasteiger partial charge in [-0.3, -0.25) is 19.0 Å². The molecule has 2 aromatic carbocycles. The number of thiazole rings is 1. The number of nitrogens with two attached hydrogens (primary N) is 1. The van der Waals surface area contributed by atoms with Crippen LogP contribution in [0.25, 0.3) is 21.3 Å². The van der Waals surface area contributed by atoms with Gasteiger partial charge in [0.15, 0.2) is 0 Å². The maximum atomic E-state index is 13.1. The van der Waals surface area contributed by atoms with Crippen LogP contribution in [-0.4, -0.2) is 66.1 Å². The number of nitrogens with one attached hydrogen (secondary N) is 2. The average molecular weight is 543 g/mol. The number of nitrogens with zero attached hydrogens (tertiary/aromatic N) is 1. The van der Waals surface area contributed by atoms with Crippen LogP contribution in [0.1, 0.15) is 18.4 Å². The van der Waals surface area contributed by atoms with E-state index in [1.165, 1.54) is 11.3 Å². The van der Waals surface area contributed by atoms with Crippen LogP contribution in [0.5, 0.6) is 0 Å². The third-order valence-corrected chi connectivity index (χ3v) is 7.65. The smallest absolute Gasteiger partial charge is 0.405 e. The number of carboxylic acid groups (broad SMARTS) is 1. The number of amides is 3. The van der Waals surface area contributed by atoms with E-state index in [1.807, 2.05) is 42.5 Å². The van der Waals surface area contributed by atoms with Crippen molar-refractivity contribution < 1.29 is 29.0 Å². The summed E-state index contributed by atoms with van der Waals surface area (Å²) in [7, 11) is 1.59. The van der Waals surface area contributed by atoms with E-state index >= 15 is 0 Å². The predicted molar refractivity (Wildman–Crippen MR) is 142 cm³/mol.